The van der Waals surface area contributed by atoms with Gasteiger partial charge in [-0.1, -0.05) is 17.7 Å². The van der Waals surface area contributed by atoms with Crippen molar-refractivity contribution >= 4 is 34.5 Å². The number of nitrogens with one attached hydrogen (secondary N) is 2. The smallest absolute Gasteiger partial charge is 0.282 e. The number of carbonyl (C=O) groups excluding carboxylic acids is 1. The number of halogens is 1. The molecule has 2 atom stereocenters. The Kier molecular flexibility index (Phi) is 5.83. The fourth-order valence-electron chi connectivity index (χ4n) is 2.08. The molecule has 6 heteroatoms. The maximum Gasteiger partial charge on any atom is 0.282 e. The molecule has 2 rings (SSSR count). The van der Waals surface area contributed by atoms with E-state index in [0.717, 1.165) is 11.4 Å². The number of methoxy groups -OCH3 is 1. The van der Waals surface area contributed by atoms with Crippen LogP contribution in [0.4, 0.5) is 5.69 Å². The minimum absolute atomic E-state index is 0.0605. The highest BCUT2D eigenvalue weighted by Crippen LogP contribution is 2.27. The topological polar surface area (TPSA) is 42.8 Å². The molecule has 0 aliphatic rings. The van der Waals surface area contributed by atoms with E-state index in [1.807, 2.05) is 25.4 Å². The van der Waals surface area contributed by atoms with Gasteiger partial charge in [0.2, 0.25) is 0 Å². The summed E-state index contributed by atoms with van der Waals surface area (Å²) < 4.78 is 5.25. The van der Waals surface area contributed by atoms with E-state index in [0.29, 0.717) is 16.5 Å². The zero-order valence-corrected chi connectivity index (χ0v) is 14.4. The van der Waals surface area contributed by atoms with Gasteiger partial charge in [-0.2, -0.15) is 0 Å². The highest BCUT2D eigenvalue weighted by atomic mass is 35.5. The van der Waals surface area contributed by atoms with E-state index in [4.69, 9.17) is 16.3 Å². The number of carbonyl (C=O) groups is 1. The van der Waals surface area contributed by atoms with Crippen molar-refractivity contribution in [3.05, 3.63) is 45.6 Å². The largest absolute Gasteiger partial charge is 0.495 e. The minimum atomic E-state index is -0.189. The molecule has 0 aliphatic carbocycles. The van der Waals surface area contributed by atoms with Gasteiger partial charge in [0, 0.05) is 5.02 Å². The first-order chi connectivity index (χ1) is 10.5. The predicted octanol–water partition coefficient (Wildman–Crippen LogP) is 2.45. The number of anilines is 1. The molecule has 22 heavy (non-hydrogen) atoms. The van der Waals surface area contributed by atoms with Crippen LogP contribution in [0.1, 0.15) is 11.8 Å². The lowest BCUT2D eigenvalue weighted by atomic mass is 10.2. The molecule has 1 unspecified atom stereocenters. The molecule has 0 spiro atoms. The number of hydrogen-bond acceptors (Lipinski definition) is 3. The quantitative estimate of drug-likeness (QED) is 0.849. The molecule has 0 saturated carbocycles. The molecule has 0 radical (unpaired) electrons. The third-order valence-electron chi connectivity index (χ3n) is 3.59. The lowest BCUT2D eigenvalue weighted by Gasteiger charge is -2.21. The van der Waals surface area contributed by atoms with Gasteiger partial charge in [-0.05, 0) is 36.6 Å². The predicted molar refractivity (Wildman–Crippen MR) is 91.0 cm³/mol. The third-order valence-corrected chi connectivity index (χ3v) is 4.70. The number of likely N-dealkylation sites (N-methyl/N-ethyl adjacent to an activating group) is 1. The van der Waals surface area contributed by atoms with Crippen molar-refractivity contribution in [2.75, 3.05) is 19.5 Å². The van der Waals surface area contributed by atoms with Crippen LogP contribution >= 0.6 is 22.9 Å². The van der Waals surface area contributed by atoms with Gasteiger partial charge in [0.05, 0.1) is 24.7 Å². The summed E-state index contributed by atoms with van der Waals surface area (Å²) in [6, 6.07) is 9.08. The van der Waals surface area contributed by atoms with Gasteiger partial charge >= 0.3 is 0 Å². The fraction of sp³-hybridized carbons (Fsp3) is 0.312. The Balaban J connectivity index is 2.03. The van der Waals surface area contributed by atoms with Crippen molar-refractivity contribution in [1.29, 1.82) is 0 Å². The molecule has 118 valence electrons. The van der Waals surface area contributed by atoms with E-state index in [1.54, 1.807) is 36.6 Å². The summed E-state index contributed by atoms with van der Waals surface area (Å²) in [6.45, 7) is 2.73. The number of quaternary nitrogens is 1. The summed E-state index contributed by atoms with van der Waals surface area (Å²) in [5, 5.41) is 5.50. The number of ether oxygens (including phenoxy) is 1. The van der Waals surface area contributed by atoms with Crippen molar-refractivity contribution in [3.63, 3.8) is 0 Å². The normalized spacial score (nSPS) is 13.5. The number of rotatable bonds is 6. The minimum Gasteiger partial charge on any atom is -0.495 e. The molecule has 1 heterocycles. The number of amides is 1. The first kappa shape index (κ1) is 16.8. The summed E-state index contributed by atoms with van der Waals surface area (Å²) in [5.41, 5.74) is 0.593. The SMILES string of the molecule is COc1ccc(Cl)cc1NC(=O)[C@@H](C)[NH+](C)Cc1cccs1. The van der Waals surface area contributed by atoms with Gasteiger partial charge in [-0.3, -0.25) is 4.79 Å². The monoisotopic (exact) mass is 339 g/mol. The summed E-state index contributed by atoms with van der Waals surface area (Å²) in [6.07, 6.45) is 0. The maximum absolute atomic E-state index is 12.4. The molecular weight excluding hydrogens is 320 g/mol. The number of hydrogen-bond donors (Lipinski definition) is 2. The van der Waals surface area contributed by atoms with Gasteiger partial charge < -0.3 is 15.0 Å². The second-order valence-corrected chi connectivity index (χ2v) is 6.63. The maximum atomic E-state index is 12.4. The van der Waals surface area contributed by atoms with Crippen LogP contribution in [0.2, 0.25) is 5.02 Å². The first-order valence-electron chi connectivity index (χ1n) is 7.00. The van der Waals surface area contributed by atoms with Crippen LogP contribution < -0.4 is 15.0 Å². The Hall–Kier alpha value is -1.56. The van der Waals surface area contributed by atoms with Crippen molar-refractivity contribution in [3.8, 4) is 5.75 Å². The molecule has 2 aromatic rings. The zero-order chi connectivity index (χ0) is 16.1. The molecule has 1 aromatic carbocycles. The summed E-state index contributed by atoms with van der Waals surface area (Å²) in [5.74, 6) is 0.537. The zero-order valence-electron chi connectivity index (χ0n) is 12.9. The van der Waals surface area contributed by atoms with Crippen LogP contribution in [0.5, 0.6) is 5.75 Å². The molecule has 1 amide bonds. The van der Waals surface area contributed by atoms with Crippen LogP contribution in [-0.2, 0) is 11.3 Å². The van der Waals surface area contributed by atoms with Gasteiger partial charge in [0.25, 0.3) is 5.91 Å². The third kappa shape index (κ3) is 4.22. The van der Waals surface area contributed by atoms with E-state index in [-0.39, 0.29) is 11.9 Å². The Morgan fingerprint density at radius 2 is 2.23 bits per heavy atom. The van der Waals surface area contributed by atoms with Gasteiger partial charge in [0.1, 0.15) is 12.3 Å². The molecule has 0 fully saturated rings. The van der Waals surface area contributed by atoms with E-state index in [9.17, 15) is 4.79 Å². The molecule has 1 aromatic heterocycles. The molecular formula is C16H20ClN2O2S+. The van der Waals surface area contributed by atoms with Crippen molar-refractivity contribution in [2.24, 2.45) is 0 Å². The van der Waals surface area contributed by atoms with E-state index < -0.39 is 0 Å². The average molecular weight is 340 g/mol. The average Bonchev–Trinajstić information content (AvgIpc) is 2.99. The molecule has 0 bridgehead atoms. The highest BCUT2D eigenvalue weighted by molar-refractivity contribution is 7.09. The lowest BCUT2D eigenvalue weighted by Crippen LogP contribution is -3.12. The summed E-state index contributed by atoms with van der Waals surface area (Å²) in [7, 11) is 3.58. The summed E-state index contributed by atoms with van der Waals surface area (Å²) in [4.78, 5) is 14.8. The molecule has 0 saturated heterocycles. The molecule has 2 N–H and O–H groups in total. The second kappa shape index (κ2) is 7.63. The second-order valence-electron chi connectivity index (χ2n) is 5.16. The van der Waals surface area contributed by atoms with Crippen LogP contribution in [0.25, 0.3) is 0 Å². The fourth-order valence-corrected chi connectivity index (χ4v) is 3.06. The molecule has 4 nitrogen and oxygen atoms in total. The van der Waals surface area contributed by atoms with Crippen molar-refractivity contribution in [1.82, 2.24) is 0 Å². The number of thiophene rings is 1. The van der Waals surface area contributed by atoms with E-state index >= 15 is 0 Å². The number of benzene rings is 1. The van der Waals surface area contributed by atoms with Crippen LogP contribution in [0.15, 0.2) is 35.7 Å². The van der Waals surface area contributed by atoms with E-state index in [2.05, 4.69) is 11.4 Å². The van der Waals surface area contributed by atoms with Gasteiger partial charge in [0.15, 0.2) is 6.04 Å². The Morgan fingerprint density at radius 1 is 1.45 bits per heavy atom. The summed E-state index contributed by atoms with van der Waals surface area (Å²) >= 11 is 7.69. The molecule has 0 aliphatic heterocycles. The standard InChI is InChI=1S/C16H19ClN2O2S/c1-11(19(2)10-13-5-4-8-22-13)16(20)18-14-9-12(17)6-7-15(14)21-3/h4-9,11H,10H2,1-3H3,(H,18,20)/p+1/t11-/m1/s1. The lowest BCUT2D eigenvalue weighted by molar-refractivity contribution is -0.907. The van der Waals surface area contributed by atoms with Crippen molar-refractivity contribution in [2.45, 2.75) is 19.5 Å². The van der Waals surface area contributed by atoms with Crippen LogP contribution in [0, 0.1) is 0 Å². The van der Waals surface area contributed by atoms with Crippen LogP contribution in [0.3, 0.4) is 0 Å². The van der Waals surface area contributed by atoms with Crippen LogP contribution in [-0.4, -0.2) is 26.1 Å². The van der Waals surface area contributed by atoms with Crippen molar-refractivity contribution < 1.29 is 14.4 Å². The first-order valence-corrected chi connectivity index (χ1v) is 8.26. The van der Waals surface area contributed by atoms with E-state index in [1.165, 1.54) is 4.88 Å². The Labute approximate surface area is 139 Å². The Bertz CT molecular complexity index is 631. The highest BCUT2D eigenvalue weighted by Gasteiger charge is 2.23. The van der Waals surface area contributed by atoms with Gasteiger partial charge in [-0.25, -0.2) is 0 Å². The Morgan fingerprint density at radius 3 is 2.86 bits per heavy atom. The van der Waals surface area contributed by atoms with Gasteiger partial charge in [-0.15, -0.1) is 11.3 Å².